The molecule has 0 saturated heterocycles. The number of hydrogen-bond acceptors (Lipinski definition) is 0. The van der Waals surface area contributed by atoms with Gasteiger partial charge in [-0.1, -0.05) is 183 Å². The van der Waals surface area contributed by atoms with Gasteiger partial charge in [-0.25, -0.2) is 4.70 Å². The number of aryl methyl sites for hydroxylation is 4. The van der Waals surface area contributed by atoms with Gasteiger partial charge < -0.3 is 20.4 Å². The summed E-state index contributed by atoms with van der Waals surface area (Å²) in [6.07, 6.45) is 46.6. The van der Waals surface area contributed by atoms with Gasteiger partial charge in [-0.15, -0.1) is 0 Å². The maximum atomic E-state index is 12.7. The van der Waals surface area contributed by atoms with Gasteiger partial charge in [-0.05, 0) is 148 Å². The van der Waals surface area contributed by atoms with Crippen molar-refractivity contribution < 1.29 is 21.2 Å². The van der Waals surface area contributed by atoms with Crippen molar-refractivity contribution >= 4 is 11.4 Å². The summed E-state index contributed by atoms with van der Waals surface area (Å²) in [5.41, 5.74) is 28.1. The van der Waals surface area contributed by atoms with Crippen LogP contribution in [0.25, 0.3) is 16.9 Å². The van der Waals surface area contributed by atoms with Gasteiger partial charge in [0.2, 0.25) is 11.4 Å². The third-order valence-electron chi connectivity index (χ3n) is 13.6. The molecule has 0 N–H and O–H groups in total. The Morgan fingerprint density at radius 2 is 0.619 bits per heavy atom. The molecule has 0 aromatic heterocycles. The zero-order valence-electron chi connectivity index (χ0n) is 43.3. The summed E-state index contributed by atoms with van der Waals surface area (Å²) in [4.78, 5) is 0. The second kappa shape index (κ2) is 38.2. The molecule has 0 saturated carbocycles. The van der Waals surface area contributed by atoms with E-state index in [2.05, 4.69) is 78.8 Å². The van der Waals surface area contributed by atoms with Crippen LogP contribution in [0.1, 0.15) is 279 Å². The largest absolute Gasteiger partial charge is 2.00 e. The molecule has 1 aliphatic heterocycles. The Morgan fingerprint density at radius 3 is 0.984 bits per heavy atom. The average Bonchev–Trinajstić information content (AvgIpc) is 3.58. The fourth-order valence-electron chi connectivity index (χ4n) is 9.84. The van der Waals surface area contributed by atoms with E-state index in [0.717, 1.165) is 43.5 Å². The van der Waals surface area contributed by atoms with E-state index in [1.54, 1.807) is 38.1 Å². The second-order valence-electron chi connectivity index (χ2n) is 18.9. The fraction of sp³-hybridized carbons (Fsp3) is 0.700. The Hall–Kier alpha value is -1.99. The first-order chi connectivity index (χ1) is 29.5. The number of unbranched alkanes of at least 4 members (excludes halogenated alkanes) is 21. The third kappa shape index (κ3) is 21.9. The SMILES string of the molecule is CCCCCCCCc1c(CCCCC)cc(C2=CC(CCCCCC)=C(c3cc(CCCCC)c(CCCCCCCC)c(CCCCC)c3)[N+]2=[N-])cc1CCCCC.[CH3-].[CH3-].[Ni+2]. The third-order valence-corrected chi connectivity index (χ3v) is 13.6. The molecule has 63 heavy (non-hydrogen) atoms. The minimum Gasteiger partial charge on any atom is -0.493 e. The smallest absolute Gasteiger partial charge is 0.493 e. The monoisotopic (exact) mass is 909 g/mol. The van der Waals surface area contributed by atoms with Crippen LogP contribution in [0.3, 0.4) is 0 Å². The Kier molecular flexibility index (Phi) is 37.0. The molecule has 0 bridgehead atoms. The van der Waals surface area contributed by atoms with Gasteiger partial charge in [0.1, 0.15) is 0 Å². The van der Waals surface area contributed by atoms with Crippen molar-refractivity contribution in [3.8, 4) is 0 Å². The first kappa shape index (κ1) is 61.0. The van der Waals surface area contributed by atoms with Crippen LogP contribution in [0.2, 0.25) is 0 Å². The van der Waals surface area contributed by atoms with E-state index in [9.17, 15) is 5.53 Å². The van der Waals surface area contributed by atoms with Crippen LogP contribution in [0.5, 0.6) is 0 Å². The molecule has 2 nitrogen and oxygen atoms in total. The van der Waals surface area contributed by atoms with E-state index in [4.69, 9.17) is 0 Å². The normalized spacial score (nSPS) is 12.4. The summed E-state index contributed by atoms with van der Waals surface area (Å²) in [6.45, 7) is 16.3. The quantitative estimate of drug-likeness (QED) is 0.0279. The Labute approximate surface area is 404 Å². The molecule has 0 radical (unpaired) electrons. The Morgan fingerprint density at radius 1 is 0.349 bits per heavy atom. The van der Waals surface area contributed by atoms with E-state index in [-0.39, 0.29) is 31.3 Å². The van der Waals surface area contributed by atoms with E-state index in [1.807, 2.05) is 0 Å². The molecule has 3 rings (SSSR count). The van der Waals surface area contributed by atoms with Crippen molar-refractivity contribution in [2.45, 2.75) is 273 Å². The number of benzene rings is 2. The molecule has 0 spiro atoms. The van der Waals surface area contributed by atoms with E-state index >= 15 is 0 Å². The molecule has 3 heteroatoms. The van der Waals surface area contributed by atoms with Gasteiger partial charge in [0, 0.05) is 22.8 Å². The van der Waals surface area contributed by atoms with Gasteiger partial charge >= 0.3 is 16.5 Å². The summed E-state index contributed by atoms with van der Waals surface area (Å²) in [6, 6.07) is 10.1. The van der Waals surface area contributed by atoms with Crippen LogP contribution >= 0.6 is 0 Å². The fourth-order valence-corrected chi connectivity index (χ4v) is 9.84. The van der Waals surface area contributed by atoms with Crippen LogP contribution in [0, 0.1) is 14.9 Å². The molecule has 0 atom stereocenters. The first-order valence-corrected chi connectivity index (χ1v) is 26.7. The molecule has 1 aliphatic rings. The van der Waals surface area contributed by atoms with Crippen molar-refractivity contribution in [3.63, 3.8) is 0 Å². The van der Waals surface area contributed by atoms with Gasteiger partial charge in [0.15, 0.2) is 0 Å². The summed E-state index contributed by atoms with van der Waals surface area (Å²) >= 11 is 0. The van der Waals surface area contributed by atoms with Crippen LogP contribution in [0.4, 0.5) is 0 Å². The molecule has 1 heterocycles. The number of nitrogens with zero attached hydrogens (tertiary/aromatic N) is 2. The molecule has 0 amide bonds. The molecule has 0 fully saturated rings. The predicted molar refractivity (Wildman–Crippen MR) is 280 cm³/mol. The summed E-state index contributed by atoms with van der Waals surface area (Å²) in [7, 11) is 0. The van der Waals surface area contributed by atoms with Crippen LogP contribution in [0.15, 0.2) is 35.9 Å². The van der Waals surface area contributed by atoms with Crippen molar-refractivity contribution in [2.75, 3.05) is 0 Å². The molecule has 2 aromatic carbocycles. The molecule has 2 aromatic rings. The van der Waals surface area contributed by atoms with Crippen molar-refractivity contribution in [1.82, 2.24) is 0 Å². The number of rotatable bonds is 37. The van der Waals surface area contributed by atoms with Crippen LogP contribution in [-0.4, -0.2) is 4.70 Å². The van der Waals surface area contributed by atoms with Crippen molar-refractivity contribution in [1.29, 1.82) is 0 Å². The molecular formula is C60H102N2Ni. The standard InChI is InChI=1S/C58H96N2.2CH3.Ni/c1-8-15-22-25-27-34-41-55-48(36-29-18-11-4)43-53(44-49(55)37-30-19-12-5)57-47-52(40-33-24-17-10-3)58(60(57)59)54-45-50(38-31-20-13-6)56(42-35-28-26-23-16-9-2)51(46-54)39-32-21-14-7;;;/h43-47H,8-42H2,1-7H3;2*1H3;/q;2*-1;+2. The minimum atomic E-state index is 0. The zero-order chi connectivity index (χ0) is 43.2. The predicted octanol–water partition coefficient (Wildman–Crippen LogP) is 20.1. The first-order valence-electron chi connectivity index (χ1n) is 26.7. The summed E-state index contributed by atoms with van der Waals surface area (Å²) < 4.78 is 1.66. The van der Waals surface area contributed by atoms with Crippen molar-refractivity contribution in [2.24, 2.45) is 0 Å². The van der Waals surface area contributed by atoms with Gasteiger partial charge in [0.25, 0.3) is 0 Å². The zero-order valence-corrected chi connectivity index (χ0v) is 44.3. The number of allylic oxidation sites excluding steroid dienone is 2. The van der Waals surface area contributed by atoms with Crippen LogP contribution in [-0.2, 0) is 55.0 Å². The topological polar surface area (TPSA) is 25.3 Å². The molecule has 0 aliphatic carbocycles. The van der Waals surface area contributed by atoms with Gasteiger partial charge in [-0.2, -0.15) is 0 Å². The maximum Gasteiger partial charge on any atom is 2.00 e. The van der Waals surface area contributed by atoms with E-state index in [0.29, 0.717) is 0 Å². The summed E-state index contributed by atoms with van der Waals surface area (Å²) in [5.74, 6) is 0. The summed E-state index contributed by atoms with van der Waals surface area (Å²) in [5, 5.41) is 0. The average molecular weight is 910 g/mol. The molecular weight excluding hydrogens is 807 g/mol. The van der Waals surface area contributed by atoms with E-state index < -0.39 is 0 Å². The van der Waals surface area contributed by atoms with E-state index in [1.165, 1.54) is 209 Å². The van der Waals surface area contributed by atoms with Crippen molar-refractivity contribution in [3.05, 3.63) is 101 Å². The maximum absolute atomic E-state index is 12.7. The van der Waals surface area contributed by atoms with Crippen LogP contribution < -0.4 is 0 Å². The number of hydrogen-bond donors (Lipinski definition) is 0. The Balaban J connectivity index is 0.0000128. The van der Waals surface area contributed by atoms with Gasteiger partial charge in [0.05, 0.1) is 0 Å². The minimum absolute atomic E-state index is 0. The molecule has 0 unspecified atom stereocenters. The van der Waals surface area contributed by atoms with Gasteiger partial charge in [-0.3, -0.25) is 0 Å². The second-order valence-corrected chi connectivity index (χ2v) is 18.9. The Bertz CT molecular complexity index is 1480. The molecule has 362 valence electrons.